The first-order valence-electron chi connectivity index (χ1n) is 6.78. The molecule has 0 fully saturated rings. The maximum Gasteiger partial charge on any atom is 0.412 e. The van der Waals surface area contributed by atoms with Gasteiger partial charge in [0, 0.05) is 18.3 Å². The van der Waals surface area contributed by atoms with Crippen LogP contribution in [0, 0.1) is 27.2 Å². The van der Waals surface area contributed by atoms with E-state index in [-0.39, 0.29) is 22.8 Å². The second-order valence-electron chi connectivity index (χ2n) is 4.81. The Morgan fingerprint density at radius 2 is 1.73 bits per heavy atom. The van der Waals surface area contributed by atoms with Crippen LogP contribution in [0.1, 0.15) is 16.1 Å². The minimum atomic E-state index is -1.31. The van der Waals surface area contributed by atoms with Crippen molar-refractivity contribution < 1.29 is 28.9 Å². The van der Waals surface area contributed by atoms with Crippen molar-refractivity contribution in [3.8, 4) is 11.5 Å². The van der Waals surface area contributed by atoms with Crippen LogP contribution in [0.25, 0.3) is 0 Å². The number of carbonyl (C=O) groups excluding carboxylic acids is 2. The Balaban J connectivity index is 2.38. The van der Waals surface area contributed by atoms with Crippen LogP contribution in [0.2, 0.25) is 0 Å². The molecule has 0 radical (unpaired) electrons. The van der Waals surface area contributed by atoms with E-state index < -0.39 is 33.3 Å². The quantitative estimate of drug-likeness (QED) is 0.361. The lowest BCUT2D eigenvalue weighted by atomic mass is 10.1. The summed E-state index contributed by atoms with van der Waals surface area (Å²) in [4.78, 5) is 46.0. The number of ether oxygens (including phenoxy) is 2. The SMILES string of the molecule is Cc1cc([N+](=O)[O-])c([N+](=O)[O-])cc1Oc1ccnc(C(=O)OC(N)=O)c1. The van der Waals surface area contributed by atoms with Gasteiger partial charge < -0.3 is 15.2 Å². The fourth-order valence-electron chi connectivity index (χ4n) is 1.92. The van der Waals surface area contributed by atoms with Gasteiger partial charge in [-0.15, -0.1) is 0 Å². The highest BCUT2D eigenvalue weighted by Gasteiger charge is 2.26. The van der Waals surface area contributed by atoms with Crippen LogP contribution in [0.3, 0.4) is 0 Å². The number of nitrogens with zero attached hydrogens (tertiary/aromatic N) is 3. The van der Waals surface area contributed by atoms with Crippen molar-refractivity contribution in [3.05, 3.63) is 61.9 Å². The number of benzene rings is 1. The van der Waals surface area contributed by atoms with E-state index in [4.69, 9.17) is 10.5 Å². The Morgan fingerprint density at radius 1 is 1.12 bits per heavy atom. The zero-order valence-electron chi connectivity index (χ0n) is 13.1. The third-order valence-electron chi connectivity index (χ3n) is 3.03. The molecule has 0 unspecified atom stereocenters. The van der Waals surface area contributed by atoms with E-state index in [1.54, 1.807) is 0 Å². The van der Waals surface area contributed by atoms with Crippen molar-refractivity contribution in [2.24, 2.45) is 5.73 Å². The Labute approximate surface area is 144 Å². The summed E-state index contributed by atoms with van der Waals surface area (Å²) in [7, 11) is 0. The molecule has 0 aliphatic rings. The van der Waals surface area contributed by atoms with Crippen LogP contribution in [0.5, 0.6) is 11.5 Å². The van der Waals surface area contributed by atoms with Gasteiger partial charge in [-0.1, -0.05) is 0 Å². The van der Waals surface area contributed by atoms with E-state index >= 15 is 0 Å². The first kappa shape index (κ1) is 18.3. The van der Waals surface area contributed by atoms with Gasteiger partial charge in [0.1, 0.15) is 11.5 Å². The maximum absolute atomic E-state index is 11.6. The van der Waals surface area contributed by atoms with Gasteiger partial charge in [0.05, 0.1) is 15.9 Å². The van der Waals surface area contributed by atoms with Crippen LogP contribution < -0.4 is 10.5 Å². The largest absolute Gasteiger partial charge is 0.457 e. The number of aromatic nitrogens is 1. The summed E-state index contributed by atoms with van der Waals surface area (Å²) in [6, 6.07) is 4.33. The summed E-state index contributed by atoms with van der Waals surface area (Å²) >= 11 is 0. The molecule has 134 valence electrons. The first-order valence-corrected chi connectivity index (χ1v) is 6.78. The highest BCUT2D eigenvalue weighted by atomic mass is 16.6. The Kier molecular flexibility index (Phi) is 5.06. The molecule has 2 rings (SSSR count). The molecule has 12 heteroatoms. The van der Waals surface area contributed by atoms with Crippen molar-refractivity contribution in [2.45, 2.75) is 6.92 Å². The molecule has 1 aromatic carbocycles. The number of aryl methyl sites for hydroxylation is 1. The minimum Gasteiger partial charge on any atom is -0.457 e. The van der Waals surface area contributed by atoms with Crippen LogP contribution in [0.15, 0.2) is 30.5 Å². The van der Waals surface area contributed by atoms with Gasteiger partial charge in [-0.25, -0.2) is 14.6 Å². The number of hydrogen-bond acceptors (Lipinski definition) is 9. The van der Waals surface area contributed by atoms with E-state index in [0.717, 1.165) is 18.2 Å². The summed E-state index contributed by atoms with van der Waals surface area (Å²) in [6.07, 6.45) is -0.146. The van der Waals surface area contributed by atoms with E-state index in [9.17, 15) is 29.8 Å². The molecule has 1 amide bonds. The lowest BCUT2D eigenvalue weighted by molar-refractivity contribution is -0.422. The monoisotopic (exact) mass is 362 g/mol. The number of nitrogens with two attached hydrogens (primary N) is 1. The maximum atomic E-state index is 11.6. The minimum absolute atomic E-state index is 0.0303. The number of carbonyl (C=O) groups is 2. The third kappa shape index (κ3) is 4.05. The topological polar surface area (TPSA) is 178 Å². The fraction of sp³-hybridized carbons (Fsp3) is 0.0714. The van der Waals surface area contributed by atoms with Crippen molar-refractivity contribution >= 4 is 23.4 Å². The fourth-order valence-corrected chi connectivity index (χ4v) is 1.92. The highest BCUT2D eigenvalue weighted by molar-refractivity contribution is 5.94. The average Bonchev–Trinajstić information content (AvgIpc) is 2.55. The number of hydrogen-bond donors (Lipinski definition) is 1. The van der Waals surface area contributed by atoms with E-state index in [1.807, 2.05) is 0 Å². The highest BCUT2D eigenvalue weighted by Crippen LogP contribution is 2.36. The number of rotatable bonds is 5. The third-order valence-corrected chi connectivity index (χ3v) is 3.03. The molecule has 2 aromatic rings. The van der Waals surface area contributed by atoms with Crippen molar-refractivity contribution in [1.29, 1.82) is 0 Å². The zero-order valence-corrected chi connectivity index (χ0v) is 13.1. The zero-order chi connectivity index (χ0) is 19.4. The van der Waals surface area contributed by atoms with Crippen LogP contribution in [-0.4, -0.2) is 26.9 Å². The molecule has 12 nitrogen and oxygen atoms in total. The average molecular weight is 362 g/mol. The summed E-state index contributed by atoms with van der Waals surface area (Å²) in [5.74, 6) is -1.13. The Morgan fingerprint density at radius 3 is 2.31 bits per heavy atom. The number of nitro groups is 2. The van der Waals surface area contributed by atoms with Gasteiger partial charge in [-0.2, -0.15) is 0 Å². The summed E-state index contributed by atoms with van der Waals surface area (Å²) in [6.45, 7) is 1.45. The standard InChI is InChI=1S/C14H10N4O8/c1-7-4-10(17(21)22)11(18(23)24)6-12(7)25-8-2-3-16-9(5-8)13(19)26-14(15)20/h2-6H,1H3,(H2,15,20). The van der Waals surface area contributed by atoms with Crippen LogP contribution in [-0.2, 0) is 4.74 Å². The molecular weight excluding hydrogens is 352 g/mol. The number of amides is 1. The molecule has 2 N–H and O–H groups in total. The van der Waals surface area contributed by atoms with Gasteiger partial charge in [-0.05, 0) is 18.6 Å². The van der Waals surface area contributed by atoms with Gasteiger partial charge in [0.25, 0.3) is 0 Å². The number of esters is 1. The lowest BCUT2D eigenvalue weighted by Crippen LogP contribution is -2.19. The Hall–Kier alpha value is -4.09. The predicted molar refractivity (Wildman–Crippen MR) is 83.8 cm³/mol. The molecule has 0 saturated heterocycles. The second kappa shape index (κ2) is 7.21. The molecule has 0 saturated carbocycles. The normalized spacial score (nSPS) is 10.0. The second-order valence-corrected chi connectivity index (χ2v) is 4.81. The molecule has 0 bridgehead atoms. The summed E-state index contributed by atoms with van der Waals surface area (Å²) in [5, 5.41) is 21.9. The molecule has 1 heterocycles. The number of pyridine rings is 1. The van der Waals surface area contributed by atoms with E-state index in [0.29, 0.717) is 0 Å². The smallest absolute Gasteiger partial charge is 0.412 e. The summed E-state index contributed by atoms with van der Waals surface area (Å²) < 4.78 is 9.61. The number of primary amides is 1. The van der Waals surface area contributed by atoms with E-state index in [2.05, 4.69) is 9.72 Å². The molecule has 0 spiro atoms. The molecule has 0 atom stereocenters. The molecule has 26 heavy (non-hydrogen) atoms. The lowest BCUT2D eigenvalue weighted by Gasteiger charge is -2.09. The number of nitro benzene ring substituents is 2. The van der Waals surface area contributed by atoms with Gasteiger partial charge in [0.2, 0.25) is 0 Å². The first-order chi connectivity index (χ1) is 12.2. The molecular formula is C14H10N4O8. The van der Waals surface area contributed by atoms with Gasteiger partial charge in [0.15, 0.2) is 5.69 Å². The van der Waals surface area contributed by atoms with Crippen LogP contribution >= 0.6 is 0 Å². The van der Waals surface area contributed by atoms with Crippen molar-refractivity contribution in [2.75, 3.05) is 0 Å². The van der Waals surface area contributed by atoms with Gasteiger partial charge >= 0.3 is 23.4 Å². The van der Waals surface area contributed by atoms with E-state index in [1.165, 1.54) is 19.2 Å². The Bertz CT molecular complexity index is 927. The van der Waals surface area contributed by atoms with Gasteiger partial charge in [-0.3, -0.25) is 20.2 Å². The van der Waals surface area contributed by atoms with Crippen LogP contribution in [0.4, 0.5) is 16.2 Å². The molecule has 0 aliphatic carbocycles. The predicted octanol–water partition coefficient (Wildman–Crippen LogP) is 2.23. The molecule has 0 aliphatic heterocycles. The summed E-state index contributed by atoms with van der Waals surface area (Å²) in [5.41, 5.74) is 3.26. The molecule has 1 aromatic heterocycles. The van der Waals surface area contributed by atoms with Crippen molar-refractivity contribution in [3.63, 3.8) is 0 Å². The van der Waals surface area contributed by atoms with Crippen molar-refractivity contribution in [1.82, 2.24) is 4.98 Å².